The van der Waals surface area contributed by atoms with Gasteiger partial charge in [-0.25, -0.2) is 4.98 Å². The van der Waals surface area contributed by atoms with Gasteiger partial charge in [0.1, 0.15) is 5.56 Å². The van der Waals surface area contributed by atoms with Crippen molar-refractivity contribution < 1.29 is 4.79 Å². The van der Waals surface area contributed by atoms with Gasteiger partial charge >= 0.3 is 0 Å². The minimum Gasteiger partial charge on any atom is -0.350 e. The van der Waals surface area contributed by atoms with Crippen molar-refractivity contribution in [3.8, 4) is 0 Å². The molecule has 1 unspecified atom stereocenters. The number of amides is 1. The first kappa shape index (κ1) is 14.2. The molecule has 1 aliphatic heterocycles. The number of thiazole rings is 1. The van der Waals surface area contributed by atoms with E-state index >= 15 is 0 Å². The molecule has 6 nitrogen and oxygen atoms in total. The lowest BCUT2D eigenvalue weighted by atomic mass is 10.2. The van der Waals surface area contributed by atoms with Crippen LogP contribution in [0.1, 0.15) is 30.1 Å². The van der Waals surface area contributed by atoms with E-state index in [1.54, 1.807) is 11.6 Å². The van der Waals surface area contributed by atoms with Crippen LogP contribution in [0.15, 0.2) is 22.6 Å². The molecule has 0 bridgehead atoms. The van der Waals surface area contributed by atoms with Gasteiger partial charge in [-0.2, -0.15) is 0 Å². The van der Waals surface area contributed by atoms with Crippen molar-refractivity contribution in [2.24, 2.45) is 0 Å². The molecule has 1 amide bonds. The maximum absolute atomic E-state index is 12.2. The summed E-state index contributed by atoms with van der Waals surface area (Å²) in [4.78, 5) is 31.5. The first-order valence-corrected chi connectivity index (χ1v) is 8.05. The molecule has 1 atom stereocenters. The van der Waals surface area contributed by atoms with E-state index in [0.29, 0.717) is 17.5 Å². The van der Waals surface area contributed by atoms with E-state index in [4.69, 9.17) is 0 Å². The maximum Gasteiger partial charge on any atom is 0.271 e. The fourth-order valence-corrected chi connectivity index (χ4v) is 3.50. The van der Waals surface area contributed by atoms with Crippen LogP contribution < -0.4 is 10.9 Å². The quantitative estimate of drug-likeness (QED) is 0.914. The zero-order valence-electron chi connectivity index (χ0n) is 11.9. The highest BCUT2D eigenvalue weighted by Gasteiger charge is 2.24. The van der Waals surface area contributed by atoms with Gasteiger partial charge in [-0.3, -0.25) is 18.9 Å². The smallest absolute Gasteiger partial charge is 0.271 e. The molecular formula is C14H18N4O2S. The lowest BCUT2D eigenvalue weighted by Gasteiger charge is -2.22. The molecule has 0 radical (unpaired) electrons. The molecule has 0 saturated carbocycles. The van der Waals surface area contributed by atoms with Gasteiger partial charge in [0, 0.05) is 30.4 Å². The minimum absolute atomic E-state index is 0.104. The van der Waals surface area contributed by atoms with Crippen LogP contribution >= 0.6 is 11.3 Å². The summed E-state index contributed by atoms with van der Waals surface area (Å²) in [6.07, 6.45) is 5.27. The van der Waals surface area contributed by atoms with E-state index in [1.165, 1.54) is 28.4 Å². The normalized spacial score (nSPS) is 19.2. The van der Waals surface area contributed by atoms with Gasteiger partial charge in [0.15, 0.2) is 4.96 Å². The largest absolute Gasteiger partial charge is 0.350 e. The number of hydrogen-bond donors (Lipinski definition) is 1. The highest BCUT2D eigenvalue weighted by atomic mass is 32.1. The molecule has 0 spiro atoms. The second-order valence-electron chi connectivity index (χ2n) is 5.17. The van der Waals surface area contributed by atoms with E-state index in [-0.39, 0.29) is 17.0 Å². The number of aromatic nitrogens is 2. The first-order valence-electron chi connectivity index (χ1n) is 7.18. The summed E-state index contributed by atoms with van der Waals surface area (Å²) in [5.74, 6) is -0.337. The Bertz CT molecular complexity index is 708. The Morgan fingerprint density at radius 1 is 1.57 bits per heavy atom. The van der Waals surface area contributed by atoms with Crippen molar-refractivity contribution in [2.75, 3.05) is 19.6 Å². The van der Waals surface area contributed by atoms with Crippen molar-refractivity contribution in [3.05, 3.63) is 33.7 Å². The molecule has 0 aromatic carbocycles. The molecule has 1 fully saturated rings. The zero-order valence-corrected chi connectivity index (χ0v) is 12.7. The summed E-state index contributed by atoms with van der Waals surface area (Å²) >= 11 is 1.37. The monoisotopic (exact) mass is 306 g/mol. The zero-order chi connectivity index (χ0) is 14.8. The van der Waals surface area contributed by atoms with Crippen LogP contribution in [0.5, 0.6) is 0 Å². The fraction of sp³-hybridized carbons (Fsp3) is 0.500. The Labute approximate surface area is 126 Å². The van der Waals surface area contributed by atoms with Crippen LogP contribution in [0.25, 0.3) is 4.96 Å². The number of nitrogens with zero attached hydrogens (tertiary/aromatic N) is 3. The Kier molecular flexibility index (Phi) is 4.03. The van der Waals surface area contributed by atoms with Crippen molar-refractivity contribution in [2.45, 2.75) is 25.8 Å². The second kappa shape index (κ2) is 5.95. The van der Waals surface area contributed by atoms with Gasteiger partial charge in [0.2, 0.25) is 0 Å². The molecule has 2 aromatic heterocycles. The van der Waals surface area contributed by atoms with E-state index < -0.39 is 0 Å². The number of rotatable bonds is 4. The van der Waals surface area contributed by atoms with Crippen molar-refractivity contribution in [1.29, 1.82) is 0 Å². The summed E-state index contributed by atoms with van der Waals surface area (Å²) < 4.78 is 1.41. The van der Waals surface area contributed by atoms with Crippen LogP contribution in [0, 0.1) is 0 Å². The molecule has 112 valence electrons. The molecule has 1 N–H and O–H groups in total. The summed E-state index contributed by atoms with van der Waals surface area (Å²) in [5, 5.41) is 4.65. The summed E-state index contributed by atoms with van der Waals surface area (Å²) in [6, 6.07) is 0.375. The highest BCUT2D eigenvalue weighted by molar-refractivity contribution is 7.15. The number of carbonyl (C=O) groups is 1. The highest BCUT2D eigenvalue weighted by Crippen LogP contribution is 2.15. The Balaban J connectivity index is 1.72. The lowest BCUT2D eigenvalue weighted by Crippen LogP contribution is -2.41. The number of likely N-dealkylation sites (N-methyl/N-ethyl adjacent to an activating group) is 1. The number of likely N-dealkylation sites (tertiary alicyclic amines) is 1. The van der Waals surface area contributed by atoms with E-state index in [2.05, 4.69) is 22.1 Å². The van der Waals surface area contributed by atoms with Crippen LogP contribution in [0.3, 0.4) is 0 Å². The third-order valence-corrected chi connectivity index (χ3v) is 4.76. The molecule has 1 saturated heterocycles. The van der Waals surface area contributed by atoms with Crippen LogP contribution in [0.2, 0.25) is 0 Å². The van der Waals surface area contributed by atoms with Gasteiger partial charge in [-0.15, -0.1) is 11.3 Å². The summed E-state index contributed by atoms with van der Waals surface area (Å²) in [6.45, 7) is 4.78. The van der Waals surface area contributed by atoms with Crippen molar-refractivity contribution in [3.63, 3.8) is 0 Å². The Morgan fingerprint density at radius 2 is 2.43 bits per heavy atom. The average molecular weight is 306 g/mol. The molecule has 2 aromatic rings. The van der Waals surface area contributed by atoms with Crippen molar-refractivity contribution in [1.82, 2.24) is 19.6 Å². The number of hydrogen-bond acceptors (Lipinski definition) is 5. The summed E-state index contributed by atoms with van der Waals surface area (Å²) in [5.41, 5.74) is -0.204. The van der Waals surface area contributed by atoms with Gasteiger partial charge in [-0.05, 0) is 25.9 Å². The van der Waals surface area contributed by atoms with Gasteiger partial charge in [0.25, 0.3) is 11.5 Å². The second-order valence-corrected chi connectivity index (χ2v) is 6.04. The standard InChI is InChI=1S/C14H18N4O2S/c1-2-17-5-3-4-10(17)8-15-12(19)11-9-16-14-18(13(11)20)6-7-21-14/h6-7,9-10H,2-5,8H2,1H3,(H,15,19). The van der Waals surface area contributed by atoms with E-state index in [9.17, 15) is 9.59 Å². The summed E-state index contributed by atoms with van der Waals surface area (Å²) in [7, 11) is 0. The third kappa shape index (κ3) is 2.71. The first-order chi connectivity index (χ1) is 10.2. The Hall–Kier alpha value is -1.73. The predicted octanol–water partition coefficient (Wildman–Crippen LogP) is 0.970. The molecule has 7 heteroatoms. The van der Waals surface area contributed by atoms with Crippen LogP contribution in [-0.4, -0.2) is 45.9 Å². The molecule has 21 heavy (non-hydrogen) atoms. The van der Waals surface area contributed by atoms with Gasteiger partial charge in [-0.1, -0.05) is 6.92 Å². The van der Waals surface area contributed by atoms with Gasteiger partial charge in [0.05, 0.1) is 0 Å². The fourth-order valence-electron chi connectivity index (χ4n) is 2.83. The molecule has 1 aliphatic rings. The maximum atomic E-state index is 12.2. The number of fused-ring (bicyclic) bond motifs is 1. The van der Waals surface area contributed by atoms with E-state index in [1.807, 2.05) is 0 Å². The molecule has 0 aliphatic carbocycles. The molecule has 3 heterocycles. The number of nitrogens with one attached hydrogen (secondary N) is 1. The Morgan fingerprint density at radius 3 is 3.24 bits per heavy atom. The molecule has 3 rings (SSSR count). The van der Waals surface area contributed by atoms with Gasteiger partial charge < -0.3 is 5.32 Å². The molecular weight excluding hydrogens is 288 g/mol. The predicted molar refractivity (Wildman–Crippen MR) is 81.9 cm³/mol. The van der Waals surface area contributed by atoms with Crippen LogP contribution in [0.4, 0.5) is 0 Å². The average Bonchev–Trinajstić information content (AvgIpc) is 3.13. The van der Waals surface area contributed by atoms with E-state index in [0.717, 1.165) is 19.5 Å². The lowest BCUT2D eigenvalue weighted by molar-refractivity contribution is 0.0939. The third-order valence-electron chi connectivity index (χ3n) is 3.99. The van der Waals surface area contributed by atoms with Crippen molar-refractivity contribution >= 4 is 22.2 Å². The topological polar surface area (TPSA) is 66.7 Å². The SMILES string of the molecule is CCN1CCCC1CNC(=O)c1cnc2sccn2c1=O. The van der Waals surface area contributed by atoms with Crippen LogP contribution in [-0.2, 0) is 0 Å². The minimum atomic E-state index is -0.337. The number of carbonyl (C=O) groups excluding carboxylic acids is 1.